The van der Waals surface area contributed by atoms with E-state index in [0.717, 1.165) is 22.6 Å². The van der Waals surface area contributed by atoms with Crippen LogP contribution in [0.25, 0.3) is 22.2 Å². The minimum Gasteiger partial charge on any atom is -0.496 e. The Hall–Kier alpha value is -3.52. The molecule has 4 aromatic rings. The molecule has 0 radical (unpaired) electrons. The number of carbonyl (C=O) groups excluding carboxylic acids is 1. The van der Waals surface area contributed by atoms with Crippen LogP contribution in [0.4, 0.5) is 5.13 Å². The minimum absolute atomic E-state index is 0.125. The number of H-pyrrole nitrogens is 1. The second kappa shape index (κ2) is 9.09. The van der Waals surface area contributed by atoms with E-state index in [1.165, 1.54) is 11.3 Å². The van der Waals surface area contributed by atoms with Gasteiger partial charge in [0.05, 0.1) is 23.7 Å². The lowest BCUT2D eigenvalue weighted by molar-refractivity contribution is -0.116. The van der Waals surface area contributed by atoms with Crippen molar-refractivity contribution >= 4 is 33.3 Å². The van der Waals surface area contributed by atoms with Crippen LogP contribution in [-0.4, -0.2) is 28.0 Å². The molecular formula is C23H22N4O3S. The summed E-state index contributed by atoms with van der Waals surface area (Å²) in [6.45, 7) is 2.01. The van der Waals surface area contributed by atoms with Crippen molar-refractivity contribution in [3.63, 3.8) is 0 Å². The maximum Gasteiger partial charge on any atom is 0.258 e. The fourth-order valence-electron chi connectivity index (χ4n) is 3.33. The third-order valence-electron chi connectivity index (χ3n) is 4.86. The summed E-state index contributed by atoms with van der Waals surface area (Å²) < 4.78 is 5.42. The van der Waals surface area contributed by atoms with Crippen LogP contribution in [0.5, 0.6) is 5.75 Å². The normalized spacial score (nSPS) is 10.9. The Morgan fingerprint density at radius 2 is 2.03 bits per heavy atom. The number of amides is 1. The van der Waals surface area contributed by atoms with Gasteiger partial charge in [-0.3, -0.25) is 9.59 Å². The van der Waals surface area contributed by atoms with Gasteiger partial charge in [-0.05, 0) is 37.6 Å². The largest absolute Gasteiger partial charge is 0.496 e. The van der Waals surface area contributed by atoms with Crippen molar-refractivity contribution in [3.8, 4) is 17.0 Å². The first-order valence-electron chi connectivity index (χ1n) is 9.92. The number of methoxy groups -OCH3 is 1. The maximum absolute atomic E-state index is 12.3. The van der Waals surface area contributed by atoms with E-state index >= 15 is 0 Å². The van der Waals surface area contributed by atoms with Crippen LogP contribution in [0, 0.1) is 6.92 Å². The Balaban J connectivity index is 1.36. The van der Waals surface area contributed by atoms with Gasteiger partial charge in [0.1, 0.15) is 11.6 Å². The quantitative estimate of drug-likeness (QED) is 0.451. The molecule has 0 aliphatic rings. The molecular weight excluding hydrogens is 412 g/mol. The molecule has 1 amide bonds. The third kappa shape index (κ3) is 4.80. The second-order valence-corrected chi connectivity index (χ2v) is 8.03. The maximum atomic E-state index is 12.3. The van der Waals surface area contributed by atoms with E-state index in [4.69, 9.17) is 4.74 Å². The van der Waals surface area contributed by atoms with Gasteiger partial charge in [-0.15, -0.1) is 11.3 Å². The molecule has 0 aliphatic carbocycles. The van der Waals surface area contributed by atoms with Gasteiger partial charge in [-0.2, -0.15) is 0 Å². The molecule has 0 bridgehead atoms. The Kier molecular flexibility index (Phi) is 6.08. The average Bonchev–Trinajstić information content (AvgIpc) is 3.22. The first kappa shape index (κ1) is 20.7. The fourth-order valence-corrected chi connectivity index (χ4v) is 4.06. The number of rotatable bonds is 7. The molecule has 2 aromatic heterocycles. The molecule has 31 heavy (non-hydrogen) atoms. The second-order valence-electron chi connectivity index (χ2n) is 7.17. The van der Waals surface area contributed by atoms with Crippen molar-refractivity contribution in [2.75, 3.05) is 12.4 Å². The number of ether oxygens (including phenoxy) is 1. The molecule has 0 aliphatic heterocycles. The van der Waals surface area contributed by atoms with Gasteiger partial charge < -0.3 is 15.0 Å². The number of thiazole rings is 1. The highest BCUT2D eigenvalue weighted by Gasteiger charge is 2.12. The Bertz CT molecular complexity index is 1300. The number of aromatic nitrogens is 3. The molecule has 2 N–H and O–H groups in total. The summed E-state index contributed by atoms with van der Waals surface area (Å²) in [7, 11) is 1.63. The first-order valence-corrected chi connectivity index (χ1v) is 10.8. The van der Waals surface area contributed by atoms with Gasteiger partial charge in [0.25, 0.3) is 5.56 Å². The summed E-state index contributed by atoms with van der Waals surface area (Å²) in [6.07, 6.45) is 1.38. The lowest BCUT2D eigenvalue weighted by Gasteiger charge is -2.07. The number of nitrogens with zero attached hydrogens (tertiary/aromatic N) is 2. The van der Waals surface area contributed by atoms with Gasteiger partial charge in [0.15, 0.2) is 5.13 Å². The summed E-state index contributed by atoms with van der Waals surface area (Å²) in [4.78, 5) is 36.3. The van der Waals surface area contributed by atoms with Crippen LogP contribution < -0.4 is 15.6 Å². The van der Waals surface area contributed by atoms with Crippen molar-refractivity contribution in [1.29, 1.82) is 0 Å². The van der Waals surface area contributed by atoms with Crippen LogP contribution in [0.3, 0.4) is 0 Å². The molecule has 158 valence electrons. The third-order valence-corrected chi connectivity index (χ3v) is 5.62. The lowest BCUT2D eigenvalue weighted by Crippen LogP contribution is -2.14. The molecule has 0 saturated heterocycles. The molecule has 0 spiro atoms. The number of para-hydroxylation sites is 1. The zero-order valence-corrected chi connectivity index (χ0v) is 18.1. The number of hydrogen-bond acceptors (Lipinski definition) is 6. The predicted octanol–water partition coefficient (Wildman–Crippen LogP) is 4.33. The van der Waals surface area contributed by atoms with E-state index in [-0.39, 0.29) is 11.5 Å². The summed E-state index contributed by atoms with van der Waals surface area (Å²) in [6, 6.07) is 13.1. The number of aromatic amines is 1. The number of fused-ring (bicyclic) bond motifs is 1. The predicted molar refractivity (Wildman–Crippen MR) is 123 cm³/mol. The van der Waals surface area contributed by atoms with E-state index in [0.29, 0.717) is 41.1 Å². The Morgan fingerprint density at radius 1 is 1.19 bits per heavy atom. The standard InChI is InChI=1S/C23H22N4O3S/c1-14-10-11-19(30-2)16(12-14)18-13-31-23(25-18)27-21(28)9-5-8-20-24-17-7-4-3-6-15(17)22(29)26-20/h3-4,6-7,10-13H,5,8-9H2,1-2H3,(H,24,26,29)(H,25,27,28). The van der Waals surface area contributed by atoms with Gasteiger partial charge in [-0.1, -0.05) is 23.8 Å². The van der Waals surface area contributed by atoms with Crippen LogP contribution in [0.2, 0.25) is 0 Å². The van der Waals surface area contributed by atoms with Gasteiger partial charge in [0, 0.05) is 23.8 Å². The van der Waals surface area contributed by atoms with E-state index in [2.05, 4.69) is 20.3 Å². The molecule has 2 heterocycles. The molecule has 7 nitrogen and oxygen atoms in total. The fraction of sp³-hybridized carbons (Fsp3) is 0.217. The first-order chi connectivity index (χ1) is 15.0. The summed E-state index contributed by atoms with van der Waals surface area (Å²) >= 11 is 1.37. The SMILES string of the molecule is COc1ccc(C)cc1-c1csc(NC(=O)CCCc2nc3ccccc3c(=O)[nH]2)n1. The van der Waals surface area contributed by atoms with Crippen molar-refractivity contribution in [3.05, 3.63) is 69.6 Å². The summed E-state index contributed by atoms with van der Waals surface area (Å²) in [5.41, 5.74) is 3.26. The molecule has 0 atom stereocenters. The highest BCUT2D eigenvalue weighted by molar-refractivity contribution is 7.14. The molecule has 2 aromatic carbocycles. The van der Waals surface area contributed by atoms with Crippen LogP contribution in [0.15, 0.2) is 52.6 Å². The molecule has 0 unspecified atom stereocenters. The lowest BCUT2D eigenvalue weighted by atomic mass is 10.1. The van der Waals surface area contributed by atoms with Crippen molar-refractivity contribution in [1.82, 2.24) is 15.0 Å². The Morgan fingerprint density at radius 3 is 2.87 bits per heavy atom. The van der Waals surface area contributed by atoms with Gasteiger partial charge in [0.2, 0.25) is 5.91 Å². The highest BCUT2D eigenvalue weighted by atomic mass is 32.1. The van der Waals surface area contributed by atoms with E-state index in [1.807, 2.05) is 48.7 Å². The molecule has 0 saturated carbocycles. The number of anilines is 1. The monoisotopic (exact) mass is 434 g/mol. The zero-order valence-electron chi connectivity index (χ0n) is 17.3. The summed E-state index contributed by atoms with van der Waals surface area (Å²) in [5.74, 6) is 1.20. The number of nitrogens with one attached hydrogen (secondary N) is 2. The smallest absolute Gasteiger partial charge is 0.258 e. The zero-order chi connectivity index (χ0) is 21.8. The Labute approximate surface area is 183 Å². The molecule has 8 heteroatoms. The number of aryl methyl sites for hydroxylation is 2. The van der Waals surface area contributed by atoms with Crippen LogP contribution in [-0.2, 0) is 11.2 Å². The van der Waals surface area contributed by atoms with Crippen LogP contribution >= 0.6 is 11.3 Å². The minimum atomic E-state index is -0.160. The topological polar surface area (TPSA) is 97.0 Å². The van der Waals surface area contributed by atoms with E-state index < -0.39 is 0 Å². The van der Waals surface area contributed by atoms with Crippen LogP contribution in [0.1, 0.15) is 24.2 Å². The van der Waals surface area contributed by atoms with Crippen molar-refractivity contribution < 1.29 is 9.53 Å². The number of benzene rings is 2. The average molecular weight is 435 g/mol. The van der Waals surface area contributed by atoms with E-state index in [9.17, 15) is 9.59 Å². The van der Waals surface area contributed by atoms with Gasteiger partial charge in [-0.25, -0.2) is 9.97 Å². The van der Waals surface area contributed by atoms with Crippen molar-refractivity contribution in [2.45, 2.75) is 26.2 Å². The molecule has 4 rings (SSSR count). The van der Waals surface area contributed by atoms with Gasteiger partial charge >= 0.3 is 0 Å². The molecule has 0 fully saturated rings. The van der Waals surface area contributed by atoms with Crippen molar-refractivity contribution in [2.24, 2.45) is 0 Å². The number of hydrogen-bond donors (Lipinski definition) is 2. The van der Waals surface area contributed by atoms with E-state index in [1.54, 1.807) is 13.2 Å². The number of carbonyl (C=O) groups is 1. The highest BCUT2D eigenvalue weighted by Crippen LogP contribution is 2.33. The summed E-state index contributed by atoms with van der Waals surface area (Å²) in [5, 5.41) is 5.85.